The lowest BCUT2D eigenvalue weighted by Crippen LogP contribution is -2.68. The summed E-state index contributed by atoms with van der Waals surface area (Å²) in [7, 11) is 2.90. The summed E-state index contributed by atoms with van der Waals surface area (Å²) in [4.78, 5) is 42.3. The Morgan fingerprint density at radius 2 is 1.58 bits per heavy atom. The normalized spacial score (nSPS) is 28.0. The maximum Gasteiger partial charge on any atom is 0.332 e. The van der Waals surface area contributed by atoms with Crippen LogP contribution < -0.4 is 0 Å². The van der Waals surface area contributed by atoms with Crippen molar-refractivity contribution in [1.29, 1.82) is 0 Å². The number of ether oxygens (including phenoxy) is 1. The van der Waals surface area contributed by atoms with Crippen LogP contribution in [0, 0.1) is 18.3 Å². The largest absolute Gasteiger partial charge is 0.367 e. The smallest absolute Gasteiger partial charge is 0.332 e. The molecule has 6 nitrogen and oxygen atoms in total. The van der Waals surface area contributed by atoms with E-state index in [1.807, 2.05) is 30.3 Å². The number of aryl methyl sites for hydroxylation is 1. The van der Waals surface area contributed by atoms with E-state index in [0.717, 1.165) is 21.8 Å². The minimum Gasteiger partial charge on any atom is -0.367 e. The van der Waals surface area contributed by atoms with E-state index in [4.69, 9.17) is 4.74 Å². The zero-order chi connectivity index (χ0) is 23.7. The molecule has 0 saturated carbocycles. The predicted octanol–water partition coefficient (Wildman–Crippen LogP) is 4.01. The fourth-order valence-electron chi connectivity index (χ4n) is 6.37. The number of urea groups is 1. The first-order chi connectivity index (χ1) is 15.6. The molecule has 6 heteroatoms. The van der Waals surface area contributed by atoms with Gasteiger partial charge in [-0.05, 0) is 42.4 Å². The first kappa shape index (κ1) is 21.8. The fourth-order valence-corrected chi connectivity index (χ4v) is 6.37. The van der Waals surface area contributed by atoms with Gasteiger partial charge < -0.3 is 4.74 Å². The number of carbonyl (C=O) groups is 3. The number of barbiturate groups is 1. The van der Waals surface area contributed by atoms with E-state index < -0.39 is 29.4 Å². The second-order valence-electron chi connectivity index (χ2n) is 10.4. The highest BCUT2D eigenvalue weighted by molar-refractivity contribution is 6.19. The molecule has 1 aliphatic carbocycles. The third-order valence-corrected chi connectivity index (χ3v) is 7.94. The molecule has 1 spiro atoms. The molecule has 0 bridgehead atoms. The molecule has 2 fully saturated rings. The van der Waals surface area contributed by atoms with Crippen LogP contribution in [0.5, 0.6) is 0 Å². The number of hydrogen-bond acceptors (Lipinski definition) is 4. The van der Waals surface area contributed by atoms with Gasteiger partial charge in [-0.2, -0.15) is 0 Å². The maximum atomic E-state index is 13.8. The van der Waals surface area contributed by atoms with Crippen LogP contribution in [0.25, 0.3) is 0 Å². The van der Waals surface area contributed by atoms with Crippen LogP contribution in [0.2, 0.25) is 0 Å². The lowest BCUT2D eigenvalue weighted by molar-refractivity contribution is -0.206. The van der Waals surface area contributed by atoms with Gasteiger partial charge in [0.15, 0.2) is 5.41 Å². The molecule has 2 aromatic carbocycles. The minimum atomic E-state index is -1.47. The lowest BCUT2D eigenvalue weighted by Gasteiger charge is -2.56. The molecule has 33 heavy (non-hydrogen) atoms. The van der Waals surface area contributed by atoms with Gasteiger partial charge in [0.25, 0.3) is 0 Å². The summed E-state index contributed by atoms with van der Waals surface area (Å²) in [6.07, 6.45) is 0.130. The number of hydrogen-bond donors (Lipinski definition) is 0. The van der Waals surface area contributed by atoms with Crippen LogP contribution >= 0.6 is 0 Å². The van der Waals surface area contributed by atoms with Crippen molar-refractivity contribution < 1.29 is 19.1 Å². The van der Waals surface area contributed by atoms with E-state index >= 15 is 0 Å². The summed E-state index contributed by atoms with van der Waals surface area (Å²) in [5, 5.41) is 0. The third kappa shape index (κ3) is 2.93. The van der Waals surface area contributed by atoms with Crippen LogP contribution in [0.3, 0.4) is 0 Å². The quantitative estimate of drug-likeness (QED) is 0.621. The second-order valence-corrected chi connectivity index (χ2v) is 10.4. The number of amides is 4. The van der Waals surface area contributed by atoms with Crippen molar-refractivity contribution in [3.63, 3.8) is 0 Å². The highest BCUT2D eigenvalue weighted by atomic mass is 16.5. The van der Waals surface area contributed by atoms with Gasteiger partial charge in [0.05, 0.1) is 6.10 Å². The van der Waals surface area contributed by atoms with E-state index in [2.05, 4.69) is 39.0 Å². The van der Waals surface area contributed by atoms with Gasteiger partial charge in [0.2, 0.25) is 11.8 Å². The number of benzene rings is 2. The van der Waals surface area contributed by atoms with E-state index in [-0.39, 0.29) is 17.4 Å². The Labute approximate surface area is 194 Å². The monoisotopic (exact) mass is 446 g/mol. The summed E-state index contributed by atoms with van der Waals surface area (Å²) in [6, 6.07) is 15.4. The molecule has 0 N–H and O–H groups in total. The van der Waals surface area contributed by atoms with Gasteiger partial charge in [-0.25, -0.2) is 4.79 Å². The molecule has 172 valence electrons. The molecule has 2 aromatic rings. The minimum absolute atomic E-state index is 0.0304. The van der Waals surface area contributed by atoms with Gasteiger partial charge in [-0.1, -0.05) is 67.9 Å². The number of carbonyl (C=O) groups excluding carboxylic acids is 3. The topological polar surface area (TPSA) is 66.9 Å². The maximum absolute atomic E-state index is 13.8. The lowest BCUT2D eigenvalue weighted by atomic mass is 9.58. The SMILES string of the molecule is Cc1ccc2c(c1)C[C@H]1CC3(C(=O)N(C)C(=O)N(C)C3=O)[C@H](c3ccccc3)O[C@@H]1C2(C)C. The number of imide groups is 2. The molecule has 2 saturated heterocycles. The van der Waals surface area contributed by atoms with Crippen LogP contribution in [-0.2, 0) is 26.2 Å². The molecular weight excluding hydrogens is 416 g/mol. The van der Waals surface area contributed by atoms with Crippen LogP contribution in [0.15, 0.2) is 48.5 Å². The first-order valence-corrected chi connectivity index (χ1v) is 11.5. The van der Waals surface area contributed by atoms with Crippen molar-refractivity contribution >= 4 is 17.8 Å². The van der Waals surface area contributed by atoms with Crippen molar-refractivity contribution in [3.8, 4) is 0 Å². The fraction of sp³-hybridized carbons (Fsp3) is 0.444. The van der Waals surface area contributed by atoms with E-state index in [1.165, 1.54) is 30.8 Å². The van der Waals surface area contributed by atoms with E-state index in [9.17, 15) is 14.4 Å². The molecule has 5 rings (SSSR count). The molecule has 3 atom stereocenters. The van der Waals surface area contributed by atoms with Crippen molar-refractivity contribution in [2.75, 3.05) is 14.1 Å². The summed E-state index contributed by atoms with van der Waals surface area (Å²) >= 11 is 0. The standard InChI is InChI=1S/C27H30N2O4/c1-16-11-12-20-18(13-16)14-19-15-27(23(30)28(4)25(32)29(5)24(27)31)22(17-9-7-6-8-10-17)33-21(19)26(20,2)3/h6-13,19,21-22H,14-15H2,1-5H3/t19-,21-,22-/m0/s1. The van der Waals surface area contributed by atoms with E-state index in [0.29, 0.717) is 6.42 Å². The molecule has 2 aliphatic heterocycles. The Hall–Kier alpha value is -2.99. The highest BCUT2D eigenvalue weighted by Crippen LogP contribution is 2.57. The summed E-state index contributed by atoms with van der Waals surface area (Å²) in [6.45, 7) is 6.45. The Morgan fingerprint density at radius 1 is 0.939 bits per heavy atom. The Bertz CT molecular complexity index is 1130. The molecule has 0 aromatic heterocycles. The van der Waals surface area contributed by atoms with Gasteiger partial charge in [-0.3, -0.25) is 19.4 Å². The summed E-state index contributed by atoms with van der Waals surface area (Å²) in [5.41, 5.74) is 2.69. The van der Waals surface area contributed by atoms with Gasteiger partial charge in [0, 0.05) is 19.5 Å². The van der Waals surface area contributed by atoms with Crippen LogP contribution in [0.1, 0.15) is 48.6 Å². The van der Waals surface area contributed by atoms with Gasteiger partial charge in [0.1, 0.15) is 6.10 Å². The third-order valence-electron chi connectivity index (χ3n) is 7.94. The molecule has 4 amide bonds. The Balaban J connectivity index is 1.69. The van der Waals surface area contributed by atoms with Crippen molar-refractivity contribution in [2.24, 2.45) is 11.3 Å². The van der Waals surface area contributed by atoms with Crippen LogP contribution in [-0.4, -0.2) is 47.8 Å². The summed E-state index contributed by atoms with van der Waals surface area (Å²) < 4.78 is 6.84. The molecule has 2 heterocycles. The van der Waals surface area contributed by atoms with Crippen molar-refractivity contribution in [1.82, 2.24) is 9.80 Å². The molecule has 0 unspecified atom stereocenters. The summed E-state index contributed by atoms with van der Waals surface area (Å²) in [5.74, 6) is -0.983. The van der Waals surface area contributed by atoms with Crippen LogP contribution in [0.4, 0.5) is 4.79 Å². The Kier molecular flexibility index (Phi) is 4.80. The highest BCUT2D eigenvalue weighted by Gasteiger charge is 2.66. The first-order valence-electron chi connectivity index (χ1n) is 11.5. The van der Waals surface area contributed by atoms with Crippen molar-refractivity contribution in [2.45, 2.75) is 51.2 Å². The van der Waals surface area contributed by atoms with E-state index in [1.54, 1.807) is 0 Å². The second kappa shape index (κ2) is 7.26. The molecule has 3 aliphatic rings. The average Bonchev–Trinajstić information content (AvgIpc) is 2.80. The van der Waals surface area contributed by atoms with Gasteiger partial charge in [-0.15, -0.1) is 0 Å². The zero-order valence-electron chi connectivity index (χ0n) is 19.8. The number of nitrogens with zero attached hydrogens (tertiary/aromatic N) is 2. The average molecular weight is 447 g/mol. The Morgan fingerprint density at radius 3 is 2.21 bits per heavy atom. The predicted molar refractivity (Wildman–Crippen MR) is 123 cm³/mol. The molecular formula is C27H30N2O4. The number of fused-ring (bicyclic) bond motifs is 2. The molecule has 0 radical (unpaired) electrons. The zero-order valence-corrected chi connectivity index (χ0v) is 19.8. The number of rotatable bonds is 1. The van der Waals surface area contributed by atoms with Crippen molar-refractivity contribution in [3.05, 3.63) is 70.8 Å². The van der Waals surface area contributed by atoms with Gasteiger partial charge >= 0.3 is 6.03 Å².